The molecule has 0 fully saturated rings. The van der Waals surface area contributed by atoms with Gasteiger partial charge in [-0.1, -0.05) is 41.9 Å². The van der Waals surface area contributed by atoms with Gasteiger partial charge in [0, 0.05) is 16.0 Å². The summed E-state index contributed by atoms with van der Waals surface area (Å²) >= 11 is 9.40. The second-order valence-electron chi connectivity index (χ2n) is 4.24. The quantitative estimate of drug-likeness (QED) is 0.689. The zero-order chi connectivity index (χ0) is 14.3. The largest absolute Gasteiger partial charge is 0.475 e. The Balaban J connectivity index is 2.44. The average Bonchev–Trinajstić information content (AvgIpc) is 2.79. The zero-order valence-corrected chi connectivity index (χ0v) is 12.4. The van der Waals surface area contributed by atoms with E-state index in [1.54, 1.807) is 12.1 Å². The lowest BCUT2D eigenvalue weighted by atomic mass is 10.0. The molecule has 0 saturated carbocycles. The first kappa shape index (κ1) is 13.2. The number of benzene rings is 2. The van der Waals surface area contributed by atoms with Crippen LogP contribution in [0.15, 0.2) is 51.4 Å². The van der Waals surface area contributed by atoms with Crippen LogP contribution >= 0.6 is 27.5 Å². The second-order valence-corrected chi connectivity index (χ2v) is 5.53. The molecule has 0 saturated heterocycles. The summed E-state index contributed by atoms with van der Waals surface area (Å²) in [5.74, 6) is -1.20. The summed E-state index contributed by atoms with van der Waals surface area (Å²) in [7, 11) is 0. The first-order valence-corrected chi connectivity index (χ1v) is 6.95. The number of rotatable bonds is 2. The third kappa shape index (κ3) is 2.11. The normalized spacial score (nSPS) is 10.9. The summed E-state index contributed by atoms with van der Waals surface area (Å²) in [6, 6.07) is 12.6. The predicted molar refractivity (Wildman–Crippen MR) is 81.3 cm³/mol. The van der Waals surface area contributed by atoms with Gasteiger partial charge in [0.25, 0.3) is 0 Å². The van der Waals surface area contributed by atoms with Crippen molar-refractivity contribution in [3.05, 3.63) is 57.7 Å². The van der Waals surface area contributed by atoms with Crippen molar-refractivity contribution >= 4 is 44.5 Å². The minimum Gasteiger partial charge on any atom is -0.475 e. The van der Waals surface area contributed by atoms with E-state index in [-0.39, 0.29) is 5.76 Å². The Bertz CT molecular complexity index is 809. The van der Waals surface area contributed by atoms with Gasteiger partial charge < -0.3 is 9.52 Å². The van der Waals surface area contributed by atoms with Crippen LogP contribution in [0, 0.1) is 0 Å². The Hall–Kier alpha value is -1.78. The van der Waals surface area contributed by atoms with Crippen LogP contribution in [0.1, 0.15) is 10.6 Å². The van der Waals surface area contributed by atoms with Crippen molar-refractivity contribution in [1.29, 1.82) is 0 Å². The van der Waals surface area contributed by atoms with Crippen molar-refractivity contribution in [2.75, 3.05) is 0 Å². The number of halogens is 2. The van der Waals surface area contributed by atoms with Crippen LogP contribution in [-0.2, 0) is 0 Å². The van der Waals surface area contributed by atoms with Crippen molar-refractivity contribution < 1.29 is 14.3 Å². The molecule has 100 valence electrons. The number of hydrogen-bond acceptors (Lipinski definition) is 2. The van der Waals surface area contributed by atoms with E-state index in [1.807, 2.05) is 30.3 Å². The maximum atomic E-state index is 11.4. The molecule has 20 heavy (non-hydrogen) atoms. The van der Waals surface area contributed by atoms with Crippen molar-refractivity contribution in [3.63, 3.8) is 0 Å². The van der Waals surface area contributed by atoms with Crippen LogP contribution in [0.2, 0.25) is 5.02 Å². The van der Waals surface area contributed by atoms with Gasteiger partial charge in [-0.3, -0.25) is 0 Å². The van der Waals surface area contributed by atoms with E-state index in [4.69, 9.17) is 16.0 Å². The summed E-state index contributed by atoms with van der Waals surface area (Å²) in [6.07, 6.45) is 0. The molecule has 0 radical (unpaired) electrons. The molecule has 0 atom stereocenters. The predicted octanol–water partition coefficient (Wildman–Crippen LogP) is 5.21. The topological polar surface area (TPSA) is 50.4 Å². The number of carbonyl (C=O) groups is 1. The smallest absolute Gasteiger partial charge is 0.372 e. The highest BCUT2D eigenvalue weighted by atomic mass is 79.9. The van der Waals surface area contributed by atoms with Gasteiger partial charge in [0.1, 0.15) is 5.58 Å². The Labute approximate surface area is 127 Å². The molecular weight excluding hydrogens is 344 g/mol. The van der Waals surface area contributed by atoms with E-state index in [0.29, 0.717) is 26.0 Å². The summed E-state index contributed by atoms with van der Waals surface area (Å²) in [5, 5.41) is 10.5. The van der Waals surface area contributed by atoms with Gasteiger partial charge in [-0.15, -0.1) is 0 Å². The first-order chi connectivity index (χ1) is 9.58. The van der Waals surface area contributed by atoms with E-state index >= 15 is 0 Å². The molecule has 0 aliphatic heterocycles. The molecule has 3 aromatic rings. The van der Waals surface area contributed by atoms with E-state index in [0.717, 1.165) is 5.56 Å². The van der Waals surface area contributed by atoms with E-state index in [1.165, 1.54) is 0 Å². The SMILES string of the molecule is O=C(O)c1oc2c(Br)cc(Cl)cc2c1-c1ccccc1. The molecule has 1 aromatic heterocycles. The zero-order valence-electron chi connectivity index (χ0n) is 10.1. The number of furan rings is 1. The second kappa shape index (κ2) is 4.96. The fourth-order valence-corrected chi connectivity index (χ4v) is 3.06. The average molecular weight is 352 g/mol. The molecule has 3 rings (SSSR count). The molecule has 0 spiro atoms. The fraction of sp³-hybridized carbons (Fsp3) is 0. The molecule has 0 aliphatic carbocycles. The monoisotopic (exact) mass is 350 g/mol. The molecule has 1 heterocycles. The van der Waals surface area contributed by atoms with E-state index in [9.17, 15) is 9.90 Å². The van der Waals surface area contributed by atoms with Crippen LogP contribution < -0.4 is 0 Å². The minimum absolute atomic E-state index is 0.0887. The molecular formula is C15H8BrClO3. The number of carboxylic acids is 1. The van der Waals surface area contributed by atoms with Crippen LogP contribution in [0.25, 0.3) is 22.1 Å². The highest BCUT2D eigenvalue weighted by Gasteiger charge is 2.22. The maximum absolute atomic E-state index is 11.4. The van der Waals surface area contributed by atoms with E-state index < -0.39 is 5.97 Å². The Morgan fingerprint density at radius 2 is 1.90 bits per heavy atom. The molecule has 0 bridgehead atoms. The van der Waals surface area contributed by atoms with Gasteiger partial charge in [-0.2, -0.15) is 0 Å². The van der Waals surface area contributed by atoms with Gasteiger partial charge in [0.05, 0.1) is 4.47 Å². The molecule has 2 aromatic carbocycles. The lowest BCUT2D eigenvalue weighted by Crippen LogP contribution is -1.95. The summed E-state index contributed by atoms with van der Waals surface area (Å²) in [5.41, 5.74) is 1.79. The maximum Gasteiger partial charge on any atom is 0.372 e. The van der Waals surface area contributed by atoms with Gasteiger partial charge in [0.15, 0.2) is 0 Å². The standard InChI is InChI=1S/C15H8BrClO3/c16-11-7-9(17)6-10-12(8-4-2-1-3-5-8)14(15(18)19)20-13(10)11/h1-7H,(H,18,19). The van der Waals surface area contributed by atoms with Crippen molar-refractivity contribution in [1.82, 2.24) is 0 Å². The summed E-state index contributed by atoms with van der Waals surface area (Å²) < 4.78 is 6.13. The van der Waals surface area contributed by atoms with Crippen LogP contribution in [0.5, 0.6) is 0 Å². The molecule has 0 amide bonds. The third-order valence-electron chi connectivity index (χ3n) is 2.97. The van der Waals surface area contributed by atoms with Gasteiger partial charge in [-0.25, -0.2) is 4.79 Å². The molecule has 0 aliphatic rings. The van der Waals surface area contributed by atoms with Crippen LogP contribution in [0.4, 0.5) is 0 Å². The lowest BCUT2D eigenvalue weighted by molar-refractivity contribution is 0.0666. The Kier molecular flexibility index (Phi) is 3.28. The molecule has 0 unspecified atom stereocenters. The fourth-order valence-electron chi connectivity index (χ4n) is 2.17. The molecule has 5 heteroatoms. The number of carboxylic acid groups (broad SMARTS) is 1. The highest BCUT2D eigenvalue weighted by molar-refractivity contribution is 9.10. The number of fused-ring (bicyclic) bond motifs is 1. The molecule has 3 nitrogen and oxygen atoms in total. The van der Waals surface area contributed by atoms with E-state index in [2.05, 4.69) is 15.9 Å². The Morgan fingerprint density at radius 1 is 1.20 bits per heavy atom. The molecule has 1 N–H and O–H groups in total. The third-order valence-corrected chi connectivity index (χ3v) is 3.77. The Morgan fingerprint density at radius 3 is 2.55 bits per heavy atom. The van der Waals surface area contributed by atoms with Gasteiger partial charge in [-0.05, 0) is 33.6 Å². The minimum atomic E-state index is -1.11. The van der Waals surface area contributed by atoms with Crippen molar-refractivity contribution in [3.8, 4) is 11.1 Å². The highest BCUT2D eigenvalue weighted by Crippen LogP contribution is 2.39. The summed E-state index contributed by atoms with van der Waals surface area (Å²) in [6.45, 7) is 0. The lowest BCUT2D eigenvalue weighted by Gasteiger charge is -2.00. The van der Waals surface area contributed by atoms with Crippen molar-refractivity contribution in [2.45, 2.75) is 0 Å². The first-order valence-electron chi connectivity index (χ1n) is 5.78. The van der Waals surface area contributed by atoms with Crippen molar-refractivity contribution in [2.24, 2.45) is 0 Å². The van der Waals surface area contributed by atoms with Crippen LogP contribution in [0.3, 0.4) is 0 Å². The number of aromatic carboxylic acids is 1. The summed E-state index contributed by atoms with van der Waals surface area (Å²) in [4.78, 5) is 11.4. The van der Waals surface area contributed by atoms with Crippen LogP contribution in [-0.4, -0.2) is 11.1 Å². The van der Waals surface area contributed by atoms with Gasteiger partial charge >= 0.3 is 5.97 Å². The number of hydrogen-bond donors (Lipinski definition) is 1. The van der Waals surface area contributed by atoms with Gasteiger partial charge in [0.2, 0.25) is 5.76 Å².